The van der Waals surface area contributed by atoms with Crippen LogP contribution in [-0.2, 0) is 0 Å². The van der Waals surface area contributed by atoms with Crippen molar-refractivity contribution in [2.45, 2.75) is 37.8 Å². The van der Waals surface area contributed by atoms with Crippen molar-refractivity contribution in [1.29, 1.82) is 5.26 Å². The molecule has 19 heavy (non-hydrogen) atoms. The lowest BCUT2D eigenvalue weighted by Crippen LogP contribution is -2.44. The van der Waals surface area contributed by atoms with Gasteiger partial charge in [-0.15, -0.1) is 0 Å². The van der Waals surface area contributed by atoms with Crippen molar-refractivity contribution in [3.05, 3.63) is 28.8 Å². The van der Waals surface area contributed by atoms with Gasteiger partial charge in [-0.3, -0.25) is 0 Å². The van der Waals surface area contributed by atoms with Crippen LogP contribution in [0.25, 0.3) is 0 Å². The summed E-state index contributed by atoms with van der Waals surface area (Å²) >= 11 is 5.98. The normalized spacial score (nSPS) is 26.6. The first-order valence-corrected chi connectivity index (χ1v) is 7.37. The van der Waals surface area contributed by atoms with Crippen LogP contribution in [0.3, 0.4) is 0 Å². The van der Waals surface area contributed by atoms with E-state index in [-0.39, 0.29) is 0 Å². The van der Waals surface area contributed by atoms with E-state index >= 15 is 0 Å². The molecule has 1 aromatic carbocycles. The van der Waals surface area contributed by atoms with Gasteiger partial charge < -0.3 is 10.2 Å². The molecule has 3 nitrogen and oxygen atoms in total. The zero-order valence-electron chi connectivity index (χ0n) is 10.9. The molecule has 2 atom stereocenters. The first-order valence-electron chi connectivity index (χ1n) is 6.99. The lowest BCUT2D eigenvalue weighted by atomic mass is 10.0. The van der Waals surface area contributed by atoms with E-state index in [1.807, 2.05) is 12.1 Å². The standard InChI is InChI=1S/C15H18ClN3/c16-12-5-6-14(11(9-12)10-17)19-8-2-4-15(19)13-3-1-7-18-13/h5-6,9,13,15,18H,1-4,7-8H2. The van der Waals surface area contributed by atoms with Crippen LogP contribution < -0.4 is 10.2 Å². The number of nitrogens with one attached hydrogen (secondary N) is 1. The molecule has 0 bridgehead atoms. The lowest BCUT2D eigenvalue weighted by molar-refractivity contribution is 0.482. The van der Waals surface area contributed by atoms with Gasteiger partial charge in [-0.05, 0) is 50.4 Å². The molecule has 4 heteroatoms. The Bertz CT molecular complexity index is 503. The number of benzene rings is 1. The Morgan fingerprint density at radius 1 is 1.32 bits per heavy atom. The van der Waals surface area contributed by atoms with Gasteiger partial charge in [-0.25, -0.2) is 0 Å². The Morgan fingerprint density at radius 2 is 2.21 bits per heavy atom. The van der Waals surface area contributed by atoms with Gasteiger partial charge in [0, 0.05) is 23.7 Å². The van der Waals surface area contributed by atoms with E-state index < -0.39 is 0 Å². The fourth-order valence-corrected chi connectivity index (χ4v) is 3.57. The molecule has 1 N–H and O–H groups in total. The average Bonchev–Trinajstić information content (AvgIpc) is 3.08. The topological polar surface area (TPSA) is 39.1 Å². The number of halogens is 1. The largest absolute Gasteiger partial charge is 0.366 e. The third-order valence-corrected chi connectivity index (χ3v) is 4.49. The summed E-state index contributed by atoms with van der Waals surface area (Å²) in [6.07, 6.45) is 4.93. The van der Waals surface area contributed by atoms with E-state index in [9.17, 15) is 5.26 Å². The monoisotopic (exact) mass is 275 g/mol. The van der Waals surface area contributed by atoms with Crippen LogP contribution in [0.15, 0.2) is 18.2 Å². The Kier molecular flexibility index (Phi) is 3.63. The summed E-state index contributed by atoms with van der Waals surface area (Å²) in [6, 6.07) is 9.03. The molecule has 0 aromatic heterocycles. The molecule has 2 unspecified atom stereocenters. The molecule has 1 aromatic rings. The van der Waals surface area contributed by atoms with E-state index in [0.717, 1.165) is 18.8 Å². The highest BCUT2D eigenvalue weighted by Crippen LogP contribution is 2.33. The number of nitrogens with zero attached hydrogens (tertiary/aromatic N) is 2. The third-order valence-electron chi connectivity index (χ3n) is 4.25. The summed E-state index contributed by atoms with van der Waals surface area (Å²) in [6.45, 7) is 2.17. The van der Waals surface area contributed by atoms with E-state index in [2.05, 4.69) is 16.3 Å². The molecule has 2 saturated heterocycles. The minimum atomic E-state index is 0.524. The van der Waals surface area contributed by atoms with E-state index in [0.29, 0.717) is 22.7 Å². The number of rotatable bonds is 2. The molecule has 2 heterocycles. The smallest absolute Gasteiger partial charge is 0.101 e. The Morgan fingerprint density at radius 3 is 2.95 bits per heavy atom. The molecule has 3 rings (SSSR count). The van der Waals surface area contributed by atoms with Crippen LogP contribution in [-0.4, -0.2) is 25.2 Å². The van der Waals surface area contributed by atoms with E-state index in [1.54, 1.807) is 6.07 Å². The molecule has 0 radical (unpaired) electrons. The fraction of sp³-hybridized carbons (Fsp3) is 0.533. The van der Waals surface area contributed by atoms with Crippen molar-refractivity contribution >= 4 is 17.3 Å². The molecule has 0 saturated carbocycles. The van der Waals surface area contributed by atoms with Gasteiger partial charge in [0.2, 0.25) is 0 Å². The third kappa shape index (κ3) is 2.43. The van der Waals surface area contributed by atoms with Gasteiger partial charge in [0.15, 0.2) is 0 Å². The molecule has 0 spiro atoms. The molecule has 0 amide bonds. The second kappa shape index (κ2) is 5.40. The number of anilines is 1. The van der Waals surface area contributed by atoms with Gasteiger partial charge in [0.25, 0.3) is 0 Å². The summed E-state index contributed by atoms with van der Waals surface area (Å²) in [5, 5.41) is 13.5. The first kappa shape index (κ1) is 12.8. The molecule has 2 fully saturated rings. The summed E-state index contributed by atoms with van der Waals surface area (Å²) in [4.78, 5) is 2.40. The molecule has 100 valence electrons. The van der Waals surface area contributed by atoms with Crippen molar-refractivity contribution in [2.75, 3.05) is 18.0 Å². The summed E-state index contributed by atoms with van der Waals surface area (Å²) in [5.74, 6) is 0. The summed E-state index contributed by atoms with van der Waals surface area (Å²) < 4.78 is 0. The maximum absolute atomic E-state index is 9.30. The fourth-order valence-electron chi connectivity index (χ4n) is 3.40. The Hall–Kier alpha value is -1.24. The Balaban J connectivity index is 1.90. The second-order valence-electron chi connectivity index (χ2n) is 5.38. The molecular formula is C15H18ClN3. The zero-order valence-corrected chi connectivity index (χ0v) is 11.7. The average molecular weight is 276 g/mol. The van der Waals surface area contributed by atoms with Crippen LogP contribution >= 0.6 is 11.6 Å². The summed E-state index contributed by atoms with van der Waals surface area (Å²) in [7, 11) is 0. The lowest BCUT2D eigenvalue weighted by Gasteiger charge is -2.32. The zero-order chi connectivity index (χ0) is 13.2. The van der Waals surface area contributed by atoms with E-state index in [1.165, 1.54) is 25.7 Å². The maximum Gasteiger partial charge on any atom is 0.101 e. The predicted octanol–water partition coefficient (Wildman–Crippen LogP) is 2.93. The quantitative estimate of drug-likeness (QED) is 0.902. The van der Waals surface area contributed by atoms with Gasteiger partial charge in [0.05, 0.1) is 11.3 Å². The second-order valence-corrected chi connectivity index (χ2v) is 5.82. The number of hydrogen-bond acceptors (Lipinski definition) is 3. The van der Waals surface area contributed by atoms with Crippen LogP contribution in [0.1, 0.15) is 31.2 Å². The van der Waals surface area contributed by atoms with Gasteiger partial charge in [0.1, 0.15) is 6.07 Å². The molecule has 2 aliphatic heterocycles. The van der Waals surface area contributed by atoms with E-state index in [4.69, 9.17) is 11.6 Å². The van der Waals surface area contributed by atoms with Crippen molar-refractivity contribution in [2.24, 2.45) is 0 Å². The van der Waals surface area contributed by atoms with Crippen LogP contribution in [0.5, 0.6) is 0 Å². The van der Waals surface area contributed by atoms with Crippen LogP contribution in [0, 0.1) is 11.3 Å². The SMILES string of the molecule is N#Cc1cc(Cl)ccc1N1CCCC1C1CCCN1. The van der Waals surface area contributed by atoms with Crippen molar-refractivity contribution in [3.8, 4) is 6.07 Å². The first-order chi connectivity index (χ1) is 9.29. The minimum absolute atomic E-state index is 0.524. The van der Waals surface area contributed by atoms with Crippen molar-refractivity contribution < 1.29 is 0 Å². The highest BCUT2D eigenvalue weighted by Gasteiger charge is 2.34. The van der Waals surface area contributed by atoms with Gasteiger partial charge in [-0.1, -0.05) is 11.6 Å². The predicted molar refractivity (Wildman–Crippen MR) is 77.6 cm³/mol. The molecular weight excluding hydrogens is 258 g/mol. The number of nitriles is 1. The van der Waals surface area contributed by atoms with Gasteiger partial charge >= 0.3 is 0 Å². The highest BCUT2D eigenvalue weighted by molar-refractivity contribution is 6.30. The van der Waals surface area contributed by atoms with Crippen molar-refractivity contribution in [3.63, 3.8) is 0 Å². The highest BCUT2D eigenvalue weighted by atomic mass is 35.5. The molecule has 2 aliphatic rings. The number of hydrogen-bond donors (Lipinski definition) is 1. The molecule has 0 aliphatic carbocycles. The van der Waals surface area contributed by atoms with Crippen molar-refractivity contribution in [1.82, 2.24) is 5.32 Å². The summed E-state index contributed by atoms with van der Waals surface area (Å²) in [5.41, 5.74) is 1.74. The van der Waals surface area contributed by atoms with Crippen LogP contribution in [0.2, 0.25) is 5.02 Å². The Labute approximate surface area is 119 Å². The maximum atomic E-state index is 9.30. The van der Waals surface area contributed by atoms with Gasteiger partial charge in [-0.2, -0.15) is 5.26 Å². The minimum Gasteiger partial charge on any atom is -0.366 e. The van der Waals surface area contributed by atoms with Crippen LogP contribution in [0.4, 0.5) is 5.69 Å².